The van der Waals surface area contributed by atoms with E-state index in [1.54, 1.807) is 19.2 Å². The number of nitrogens with two attached hydrogens (primary N) is 2. The van der Waals surface area contributed by atoms with E-state index in [0.717, 1.165) is 6.42 Å². The highest BCUT2D eigenvalue weighted by atomic mass is 16.2. The predicted octanol–water partition coefficient (Wildman–Crippen LogP) is 0.449. The molecule has 0 aliphatic rings. The quantitative estimate of drug-likeness (QED) is 0.672. The molecule has 104 valence electrons. The number of nitrogens with zero attached hydrogens (tertiary/aromatic N) is 1. The molecule has 5 N–H and O–H groups in total. The molecule has 0 unspecified atom stereocenters. The highest BCUT2D eigenvalue weighted by Gasteiger charge is 2.16. The number of hydrogen-bond acceptors (Lipinski definition) is 4. The summed E-state index contributed by atoms with van der Waals surface area (Å²) in [5, 5.41) is 2.71. The molecule has 0 aliphatic heterocycles. The maximum atomic E-state index is 12.1. The van der Waals surface area contributed by atoms with Crippen molar-refractivity contribution in [2.24, 2.45) is 0 Å². The summed E-state index contributed by atoms with van der Waals surface area (Å²) in [6, 6.07) is 4.69. The van der Waals surface area contributed by atoms with E-state index in [2.05, 4.69) is 5.32 Å². The van der Waals surface area contributed by atoms with Crippen LogP contribution in [0.15, 0.2) is 18.2 Å². The number of nitrogens with one attached hydrogen (secondary N) is 1. The Morgan fingerprint density at radius 2 is 2.00 bits per heavy atom. The summed E-state index contributed by atoms with van der Waals surface area (Å²) in [5.74, 6) is -0.490. The Balaban J connectivity index is 2.69. The highest BCUT2D eigenvalue weighted by molar-refractivity contribution is 6.01. The maximum Gasteiger partial charge on any atom is 0.256 e. The first-order valence-electron chi connectivity index (χ1n) is 6.12. The molecule has 6 heteroatoms. The SMILES string of the molecule is CCCNC(=O)CN(C)C(=O)c1ccc(N)cc1N. The highest BCUT2D eigenvalue weighted by Crippen LogP contribution is 2.17. The van der Waals surface area contributed by atoms with Crippen LogP contribution in [0.3, 0.4) is 0 Å². The van der Waals surface area contributed by atoms with Crippen molar-refractivity contribution in [2.75, 3.05) is 31.6 Å². The summed E-state index contributed by atoms with van der Waals surface area (Å²) in [6.07, 6.45) is 0.855. The third-order valence-electron chi connectivity index (χ3n) is 2.61. The molecule has 0 heterocycles. The lowest BCUT2D eigenvalue weighted by Crippen LogP contribution is -2.38. The first-order valence-corrected chi connectivity index (χ1v) is 6.12. The van der Waals surface area contributed by atoms with Crippen molar-refractivity contribution in [3.8, 4) is 0 Å². The largest absolute Gasteiger partial charge is 0.399 e. The van der Waals surface area contributed by atoms with E-state index in [1.807, 2.05) is 6.92 Å². The second-order valence-electron chi connectivity index (χ2n) is 4.36. The van der Waals surface area contributed by atoms with Gasteiger partial charge in [0.1, 0.15) is 0 Å². The maximum absolute atomic E-state index is 12.1. The topological polar surface area (TPSA) is 101 Å². The fourth-order valence-electron chi connectivity index (χ4n) is 1.59. The lowest BCUT2D eigenvalue weighted by atomic mass is 10.1. The van der Waals surface area contributed by atoms with Gasteiger partial charge in [-0.25, -0.2) is 0 Å². The number of carbonyl (C=O) groups excluding carboxylic acids is 2. The Hall–Kier alpha value is -2.24. The zero-order valence-electron chi connectivity index (χ0n) is 11.3. The zero-order valence-corrected chi connectivity index (χ0v) is 11.3. The summed E-state index contributed by atoms with van der Waals surface area (Å²) >= 11 is 0. The van der Waals surface area contributed by atoms with E-state index in [9.17, 15) is 9.59 Å². The van der Waals surface area contributed by atoms with Gasteiger partial charge in [-0.3, -0.25) is 9.59 Å². The van der Waals surface area contributed by atoms with Gasteiger partial charge in [0, 0.05) is 25.0 Å². The number of hydrogen-bond donors (Lipinski definition) is 3. The fourth-order valence-corrected chi connectivity index (χ4v) is 1.59. The van der Waals surface area contributed by atoms with Crippen molar-refractivity contribution in [3.05, 3.63) is 23.8 Å². The molecule has 0 bridgehead atoms. The Kier molecular flexibility index (Phi) is 5.17. The van der Waals surface area contributed by atoms with Crippen LogP contribution in [0.1, 0.15) is 23.7 Å². The third-order valence-corrected chi connectivity index (χ3v) is 2.61. The average molecular weight is 264 g/mol. The molecule has 0 spiro atoms. The van der Waals surface area contributed by atoms with E-state index in [4.69, 9.17) is 11.5 Å². The van der Waals surface area contributed by atoms with E-state index in [1.165, 1.54) is 11.0 Å². The molecule has 6 nitrogen and oxygen atoms in total. The van der Waals surface area contributed by atoms with E-state index >= 15 is 0 Å². The Morgan fingerprint density at radius 1 is 1.32 bits per heavy atom. The third kappa shape index (κ3) is 4.17. The van der Waals surface area contributed by atoms with Gasteiger partial charge in [-0.15, -0.1) is 0 Å². The molecule has 0 radical (unpaired) electrons. The molecule has 0 saturated heterocycles. The summed E-state index contributed by atoms with van der Waals surface area (Å²) in [5.41, 5.74) is 12.5. The molecule has 0 aliphatic carbocycles. The monoisotopic (exact) mass is 264 g/mol. The Bertz CT molecular complexity index is 474. The molecule has 0 atom stereocenters. The first kappa shape index (κ1) is 14.8. The zero-order chi connectivity index (χ0) is 14.4. The number of amides is 2. The molecular weight excluding hydrogens is 244 g/mol. The van der Waals surface area contributed by atoms with E-state index in [-0.39, 0.29) is 18.4 Å². The molecule has 1 rings (SSSR count). The van der Waals surface area contributed by atoms with Crippen molar-refractivity contribution < 1.29 is 9.59 Å². The van der Waals surface area contributed by atoms with Gasteiger partial charge in [0.15, 0.2) is 0 Å². The number of nitrogen functional groups attached to an aromatic ring is 2. The van der Waals surface area contributed by atoms with Crippen LogP contribution in [0, 0.1) is 0 Å². The normalized spacial score (nSPS) is 10.0. The van der Waals surface area contributed by atoms with Crippen LogP contribution in [0.4, 0.5) is 11.4 Å². The van der Waals surface area contributed by atoms with Gasteiger partial charge in [0.05, 0.1) is 12.1 Å². The molecule has 0 fully saturated rings. The summed E-state index contributed by atoms with van der Waals surface area (Å²) in [4.78, 5) is 25.0. The van der Waals surface area contributed by atoms with Crippen LogP contribution in [-0.4, -0.2) is 36.9 Å². The molecule has 1 aromatic rings. The van der Waals surface area contributed by atoms with Gasteiger partial charge in [-0.05, 0) is 24.6 Å². The molecule has 1 aromatic carbocycles. The summed E-state index contributed by atoms with van der Waals surface area (Å²) in [7, 11) is 1.56. The summed E-state index contributed by atoms with van der Waals surface area (Å²) < 4.78 is 0. The number of anilines is 2. The van der Waals surface area contributed by atoms with Gasteiger partial charge in [-0.2, -0.15) is 0 Å². The van der Waals surface area contributed by atoms with Gasteiger partial charge in [-0.1, -0.05) is 6.92 Å². The Morgan fingerprint density at radius 3 is 2.58 bits per heavy atom. The number of likely N-dealkylation sites (N-methyl/N-ethyl adjacent to an activating group) is 1. The van der Waals surface area contributed by atoms with Crippen molar-refractivity contribution in [2.45, 2.75) is 13.3 Å². The Labute approximate surface area is 112 Å². The minimum absolute atomic E-state index is 0.00263. The van der Waals surface area contributed by atoms with Crippen LogP contribution in [0.25, 0.3) is 0 Å². The van der Waals surface area contributed by atoms with Gasteiger partial charge in [0.25, 0.3) is 5.91 Å². The van der Waals surface area contributed by atoms with Crippen LogP contribution in [0.2, 0.25) is 0 Å². The van der Waals surface area contributed by atoms with Crippen molar-refractivity contribution in [3.63, 3.8) is 0 Å². The van der Waals surface area contributed by atoms with Crippen molar-refractivity contribution in [1.29, 1.82) is 0 Å². The van der Waals surface area contributed by atoms with Gasteiger partial charge < -0.3 is 21.7 Å². The second kappa shape index (κ2) is 6.63. The lowest BCUT2D eigenvalue weighted by molar-refractivity contribution is -0.121. The van der Waals surface area contributed by atoms with Crippen molar-refractivity contribution >= 4 is 23.2 Å². The predicted molar refractivity (Wildman–Crippen MR) is 75.5 cm³/mol. The van der Waals surface area contributed by atoms with Crippen LogP contribution in [0.5, 0.6) is 0 Å². The van der Waals surface area contributed by atoms with Crippen LogP contribution < -0.4 is 16.8 Å². The number of carbonyl (C=O) groups is 2. The molecular formula is C13H20N4O2. The minimum atomic E-state index is -0.302. The van der Waals surface area contributed by atoms with Gasteiger partial charge >= 0.3 is 0 Å². The number of rotatable bonds is 5. The summed E-state index contributed by atoms with van der Waals surface area (Å²) in [6.45, 7) is 2.57. The lowest BCUT2D eigenvalue weighted by Gasteiger charge is -2.17. The molecule has 19 heavy (non-hydrogen) atoms. The minimum Gasteiger partial charge on any atom is -0.399 e. The van der Waals surface area contributed by atoms with Crippen molar-refractivity contribution in [1.82, 2.24) is 10.2 Å². The standard InChI is InChI=1S/C13H20N4O2/c1-3-6-16-12(18)8-17(2)13(19)10-5-4-9(14)7-11(10)15/h4-5,7H,3,6,8,14-15H2,1-2H3,(H,16,18). The second-order valence-corrected chi connectivity index (χ2v) is 4.36. The molecule has 2 amide bonds. The van der Waals surface area contributed by atoms with E-state index in [0.29, 0.717) is 23.5 Å². The first-order chi connectivity index (χ1) is 8.95. The number of benzene rings is 1. The molecule has 0 saturated carbocycles. The fraction of sp³-hybridized carbons (Fsp3) is 0.385. The van der Waals surface area contributed by atoms with Crippen LogP contribution in [-0.2, 0) is 4.79 Å². The van der Waals surface area contributed by atoms with Crippen LogP contribution >= 0.6 is 0 Å². The smallest absolute Gasteiger partial charge is 0.256 e. The molecule has 0 aromatic heterocycles. The van der Waals surface area contributed by atoms with Gasteiger partial charge in [0.2, 0.25) is 5.91 Å². The van der Waals surface area contributed by atoms with E-state index < -0.39 is 0 Å². The average Bonchev–Trinajstić information content (AvgIpc) is 2.35.